The lowest BCUT2D eigenvalue weighted by Crippen LogP contribution is -2.35. The van der Waals surface area contributed by atoms with Crippen molar-refractivity contribution in [2.24, 2.45) is 0 Å². The highest BCUT2D eigenvalue weighted by molar-refractivity contribution is 6.04. The standard InChI is InChI=1S/C17H16N2O5/c20-15(21)8-9-18-16(22)13(11-12-5-2-1-3-6-12)19-17(23)14-7-4-10-24-14/h1-7,10-11H,8-9H2,(H,18,22)(H,19,23)(H,20,21)/b13-11+. The summed E-state index contributed by atoms with van der Waals surface area (Å²) in [7, 11) is 0. The normalized spacial score (nSPS) is 10.9. The maximum Gasteiger partial charge on any atom is 0.305 e. The fourth-order valence-electron chi connectivity index (χ4n) is 1.84. The van der Waals surface area contributed by atoms with E-state index in [4.69, 9.17) is 9.52 Å². The lowest BCUT2D eigenvalue weighted by atomic mass is 10.2. The van der Waals surface area contributed by atoms with Gasteiger partial charge in [0.1, 0.15) is 5.70 Å². The number of carbonyl (C=O) groups excluding carboxylic acids is 2. The molecule has 0 aliphatic heterocycles. The van der Waals surface area contributed by atoms with Crippen LogP contribution in [0.1, 0.15) is 22.5 Å². The number of hydrogen-bond donors (Lipinski definition) is 3. The second kappa shape index (κ2) is 8.33. The summed E-state index contributed by atoms with van der Waals surface area (Å²) in [5.74, 6) is -2.12. The van der Waals surface area contributed by atoms with Crippen LogP contribution in [0.3, 0.4) is 0 Å². The van der Waals surface area contributed by atoms with Crippen molar-refractivity contribution in [2.45, 2.75) is 6.42 Å². The van der Waals surface area contributed by atoms with E-state index in [-0.39, 0.29) is 24.4 Å². The molecular weight excluding hydrogens is 312 g/mol. The van der Waals surface area contributed by atoms with E-state index in [1.165, 1.54) is 18.4 Å². The van der Waals surface area contributed by atoms with Crippen molar-refractivity contribution >= 4 is 23.9 Å². The van der Waals surface area contributed by atoms with Crippen LogP contribution < -0.4 is 10.6 Å². The number of nitrogens with one attached hydrogen (secondary N) is 2. The summed E-state index contributed by atoms with van der Waals surface area (Å²) in [5, 5.41) is 13.5. The molecular formula is C17H16N2O5. The first-order valence-corrected chi connectivity index (χ1v) is 7.18. The molecule has 0 radical (unpaired) electrons. The molecule has 0 fully saturated rings. The van der Waals surface area contributed by atoms with Crippen LogP contribution in [0.4, 0.5) is 0 Å². The molecule has 7 heteroatoms. The van der Waals surface area contributed by atoms with Crippen molar-refractivity contribution in [3.05, 3.63) is 65.7 Å². The number of hydrogen-bond acceptors (Lipinski definition) is 4. The monoisotopic (exact) mass is 328 g/mol. The number of amides is 2. The Morgan fingerprint density at radius 3 is 2.46 bits per heavy atom. The Morgan fingerprint density at radius 1 is 1.08 bits per heavy atom. The van der Waals surface area contributed by atoms with Gasteiger partial charge in [0.05, 0.1) is 12.7 Å². The van der Waals surface area contributed by atoms with Gasteiger partial charge >= 0.3 is 5.97 Å². The van der Waals surface area contributed by atoms with E-state index in [2.05, 4.69) is 10.6 Å². The average Bonchev–Trinajstić information content (AvgIpc) is 3.09. The predicted octanol–water partition coefficient (Wildman–Crippen LogP) is 1.64. The van der Waals surface area contributed by atoms with E-state index in [0.29, 0.717) is 5.56 Å². The van der Waals surface area contributed by atoms with Crippen LogP contribution >= 0.6 is 0 Å². The molecule has 0 unspecified atom stereocenters. The van der Waals surface area contributed by atoms with Crippen LogP contribution in [0.15, 0.2) is 58.8 Å². The zero-order valence-corrected chi connectivity index (χ0v) is 12.7. The molecule has 124 valence electrons. The molecule has 0 atom stereocenters. The van der Waals surface area contributed by atoms with Crippen molar-refractivity contribution in [2.75, 3.05) is 6.54 Å². The first-order valence-electron chi connectivity index (χ1n) is 7.18. The van der Waals surface area contributed by atoms with E-state index in [0.717, 1.165) is 0 Å². The van der Waals surface area contributed by atoms with Gasteiger partial charge in [0.2, 0.25) is 0 Å². The first-order chi connectivity index (χ1) is 11.6. The fourth-order valence-corrected chi connectivity index (χ4v) is 1.84. The molecule has 0 aliphatic rings. The highest BCUT2D eigenvalue weighted by Gasteiger charge is 2.16. The summed E-state index contributed by atoms with van der Waals surface area (Å²) in [4.78, 5) is 34.8. The zero-order valence-electron chi connectivity index (χ0n) is 12.7. The summed E-state index contributed by atoms with van der Waals surface area (Å²) in [6.07, 6.45) is 2.63. The van der Waals surface area contributed by atoms with Crippen molar-refractivity contribution < 1.29 is 23.9 Å². The summed E-state index contributed by atoms with van der Waals surface area (Å²) in [6, 6.07) is 12.0. The molecule has 2 rings (SSSR count). The van der Waals surface area contributed by atoms with E-state index in [1.807, 2.05) is 6.07 Å². The first kappa shape index (κ1) is 17.0. The number of aliphatic carboxylic acids is 1. The van der Waals surface area contributed by atoms with E-state index in [1.54, 1.807) is 30.3 Å². The van der Waals surface area contributed by atoms with Gasteiger partial charge in [-0.25, -0.2) is 0 Å². The van der Waals surface area contributed by atoms with Crippen LogP contribution in [0.5, 0.6) is 0 Å². The molecule has 0 saturated carbocycles. The summed E-state index contributed by atoms with van der Waals surface area (Å²) >= 11 is 0. The van der Waals surface area contributed by atoms with Gasteiger partial charge in [-0.2, -0.15) is 0 Å². The third-order valence-electron chi connectivity index (χ3n) is 2.97. The third-order valence-corrected chi connectivity index (χ3v) is 2.97. The predicted molar refractivity (Wildman–Crippen MR) is 85.9 cm³/mol. The number of furan rings is 1. The second-order valence-electron chi connectivity index (χ2n) is 4.80. The van der Waals surface area contributed by atoms with E-state index < -0.39 is 17.8 Å². The molecule has 2 amide bonds. The van der Waals surface area contributed by atoms with Crippen molar-refractivity contribution in [3.63, 3.8) is 0 Å². The molecule has 0 saturated heterocycles. The Balaban J connectivity index is 2.14. The van der Waals surface area contributed by atoms with Gasteiger partial charge in [0.15, 0.2) is 5.76 Å². The number of carboxylic acid groups (broad SMARTS) is 1. The quantitative estimate of drug-likeness (QED) is 0.670. The Hall–Kier alpha value is -3.35. The maximum atomic E-state index is 12.2. The second-order valence-corrected chi connectivity index (χ2v) is 4.80. The van der Waals surface area contributed by atoms with Gasteiger partial charge in [-0.1, -0.05) is 30.3 Å². The van der Waals surface area contributed by atoms with Crippen LogP contribution in [0.25, 0.3) is 6.08 Å². The molecule has 0 spiro atoms. The Bertz CT molecular complexity index is 736. The van der Waals surface area contributed by atoms with Gasteiger partial charge in [0.25, 0.3) is 11.8 Å². The van der Waals surface area contributed by atoms with Crippen LogP contribution in [-0.2, 0) is 9.59 Å². The van der Waals surface area contributed by atoms with Gasteiger partial charge in [-0.05, 0) is 23.8 Å². The molecule has 1 aromatic carbocycles. The zero-order chi connectivity index (χ0) is 17.4. The number of carbonyl (C=O) groups is 3. The molecule has 1 heterocycles. The highest BCUT2D eigenvalue weighted by Crippen LogP contribution is 2.07. The summed E-state index contributed by atoms with van der Waals surface area (Å²) < 4.78 is 4.99. The van der Waals surface area contributed by atoms with Crippen LogP contribution in [0.2, 0.25) is 0 Å². The molecule has 7 nitrogen and oxygen atoms in total. The van der Waals surface area contributed by atoms with E-state index >= 15 is 0 Å². The van der Waals surface area contributed by atoms with Gasteiger partial charge in [0, 0.05) is 6.54 Å². The van der Waals surface area contributed by atoms with E-state index in [9.17, 15) is 14.4 Å². The Morgan fingerprint density at radius 2 is 1.83 bits per heavy atom. The SMILES string of the molecule is O=C(O)CCNC(=O)/C(=C\c1ccccc1)NC(=O)c1ccco1. The minimum atomic E-state index is -1.02. The van der Waals surface area contributed by atoms with Crippen molar-refractivity contribution in [1.82, 2.24) is 10.6 Å². The minimum Gasteiger partial charge on any atom is -0.481 e. The largest absolute Gasteiger partial charge is 0.481 e. The summed E-state index contributed by atoms with van der Waals surface area (Å²) in [6.45, 7) is -0.0447. The highest BCUT2D eigenvalue weighted by atomic mass is 16.4. The smallest absolute Gasteiger partial charge is 0.305 e. The molecule has 0 bridgehead atoms. The number of rotatable bonds is 7. The minimum absolute atomic E-state index is 0.00649. The lowest BCUT2D eigenvalue weighted by Gasteiger charge is -2.09. The van der Waals surface area contributed by atoms with Gasteiger partial charge < -0.3 is 20.2 Å². The van der Waals surface area contributed by atoms with Gasteiger partial charge in [-0.3, -0.25) is 14.4 Å². The van der Waals surface area contributed by atoms with Crippen molar-refractivity contribution in [1.29, 1.82) is 0 Å². The number of benzene rings is 1. The Kier molecular flexibility index (Phi) is 5.90. The van der Waals surface area contributed by atoms with Crippen LogP contribution in [0, 0.1) is 0 Å². The van der Waals surface area contributed by atoms with Crippen molar-refractivity contribution in [3.8, 4) is 0 Å². The number of carboxylic acids is 1. The Labute approximate surface area is 138 Å². The average molecular weight is 328 g/mol. The fraction of sp³-hybridized carbons (Fsp3) is 0.118. The molecule has 2 aromatic rings. The molecule has 3 N–H and O–H groups in total. The molecule has 1 aromatic heterocycles. The lowest BCUT2D eigenvalue weighted by molar-refractivity contribution is -0.136. The third kappa shape index (κ3) is 5.13. The van der Waals surface area contributed by atoms with Gasteiger partial charge in [-0.15, -0.1) is 0 Å². The molecule has 0 aliphatic carbocycles. The summed E-state index contributed by atoms with van der Waals surface area (Å²) in [5.41, 5.74) is 0.702. The molecule has 24 heavy (non-hydrogen) atoms. The maximum absolute atomic E-state index is 12.2. The topological polar surface area (TPSA) is 109 Å². The van der Waals surface area contributed by atoms with Crippen LogP contribution in [-0.4, -0.2) is 29.4 Å².